The van der Waals surface area contributed by atoms with Crippen molar-refractivity contribution in [2.24, 2.45) is 56.7 Å². The van der Waals surface area contributed by atoms with Gasteiger partial charge in [0.25, 0.3) is 0 Å². The van der Waals surface area contributed by atoms with Crippen LogP contribution in [-0.2, 0) is 4.74 Å². The molecule has 3 nitrogen and oxygen atoms in total. The third-order valence-corrected chi connectivity index (χ3v) is 13.9. The molecule has 12 unspecified atom stereocenters. The summed E-state index contributed by atoms with van der Waals surface area (Å²) in [6.45, 7) is 17.8. The molecule has 1 aliphatic heterocycles. The van der Waals surface area contributed by atoms with Gasteiger partial charge in [-0.2, -0.15) is 0 Å². The minimum Gasteiger partial charge on any atom is -0.393 e. The van der Waals surface area contributed by atoms with Crippen LogP contribution in [0.5, 0.6) is 0 Å². The molecule has 3 heteroatoms. The lowest BCUT2D eigenvalue weighted by molar-refractivity contribution is -0.276. The Hall–Kier alpha value is -0.380. The van der Waals surface area contributed by atoms with Crippen LogP contribution in [0.1, 0.15) is 93.4 Å². The topological polar surface area (TPSA) is 49.7 Å². The van der Waals surface area contributed by atoms with Gasteiger partial charge in [0, 0.05) is 16.7 Å². The minimum atomic E-state index is -0.350. The van der Waals surface area contributed by atoms with E-state index in [9.17, 15) is 10.2 Å². The maximum Gasteiger partial charge on any atom is 0.0983 e. The van der Waals surface area contributed by atoms with Crippen LogP contribution in [0.15, 0.2) is 12.2 Å². The molecule has 5 aliphatic carbocycles. The molecule has 0 radical (unpaired) electrons. The van der Waals surface area contributed by atoms with Crippen LogP contribution in [0.3, 0.4) is 0 Å². The highest BCUT2D eigenvalue weighted by Crippen LogP contribution is 2.79. The summed E-state index contributed by atoms with van der Waals surface area (Å²) in [7, 11) is 0. The molecule has 186 valence electrons. The van der Waals surface area contributed by atoms with E-state index in [-0.39, 0.29) is 44.9 Å². The van der Waals surface area contributed by atoms with Gasteiger partial charge in [-0.3, -0.25) is 0 Å². The minimum absolute atomic E-state index is 0.0122. The molecule has 6 rings (SSSR count). The number of aliphatic hydroxyl groups excluding tert-OH is 2. The number of ether oxygens (including phenoxy) is 1. The lowest BCUT2D eigenvalue weighted by Gasteiger charge is -2.73. The van der Waals surface area contributed by atoms with Gasteiger partial charge in [0.15, 0.2) is 0 Å². The molecular weight excluding hydrogens is 408 g/mol. The Morgan fingerprint density at radius 3 is 2.33 bits per heavy atom. The lowest BCUT2D eigenvalue weighted by Crippen LogP contribution is -2.74. The van der Waals surface area contributed by atoms with Crippen molar-refractivity contribution in [2.45, 2.75) is 111 Å². The molecule has 0 aromatic heterocycles. The molecule has 6 aliphatic rings. The first-order valence-corrected chi connectivity index (χ1v) is 14.0. The van der Waals surface area contributed by atoms with E-state index >= 15 is 0 Å². The number of allylic oxidation sites excluding steroid dienone is 1. The molecule has 33 heavy (non-hydrogen) atoms. The Kier molecular flexibility index (Phi) is 4.53. The van der Waals surface area contributed by atoms with Gasteiger partial charge >= 0.3 is 0 Å². The van der Waals surface area contributed by atoms with Crippen molar-refractivity contribution in [1.82, 2.24) is 0 Å². The molecule has 1 spiro atoms. The zero-order chi connectivity index (χ0) is 23.8. The molecule has 0 aromatic carbocycles. The summed E-state index contributed by atoms with van der Waals surface area (Å²) in [6, 6.07) is 0. The van der Waals surface area contributed by atoms with E-state index in [1.807, 2.05) is 0 Å². The fraction of sp³-hybridized carbons (Fsp3) is 0.933. The summed E-state index contributed by atoms with van der Waals surface area (Å²) >= 11 is 0. The van der Waals surface area contributed by atoms with Crippen molar-refractivity contribution in [1.29, 1.82) is 0 Å². The summed E-state index contributed by atoms with van der Waals surface area (Å²) in [5.41, 5.74) is -0.413. The molecule has 12 atom stereocenters. The van der Waals surface area contributed by atoms with E-state index in [1.165, 1.54) is 12.8 Å². The summed E-state index contributed by atoms with van der Waals surface area (Å²) in [5.74, 6) is 2.76. The quantitative estimate of drug-likeness (QED) is 0.441. The number of rotatable bonds is 0. The molecule has 5 fully saturated rings. The Labute approximate surface area is 201 Å². The molecule has 2 N–H and O–H groups in total. The van der Waals surface area contributed by atoms with E-state index in [1.54, 1.807) is 0 Å². The van der Waals surface area contributed by atoms with Crippen molar-refractivity contribution >= 4 is 0 Å². The molecule has 4 saturated carbocycles. The summed E-state index contributed by atoms with van der Waals surface area (Å²) in [5, 5.41) is 23.0. The van der Waals surface area contributed by atoms with Crippen LogP contribution >= 0.6 is 0 Å². The average Bonchev–Trinajstić information content (AvgIpc) is 3.02. The van der Waals surface area contributed by atoms with Gasteiger partial charge in [0.1, 0.15) is 0 Å². The fourth-order valence-electron chi connectivity index (χ4n) is 11.7. The Morgan fingerprint density at radius 1 is 0.879 bits per heavy atom. The zero-order valence-electron chi connectivity index (χ0n) is 22.2. The molecular formula is C30H48O3. The average molecular weight is 457 g/mol. The first-order chi connectivity index (χ1) is 15.3. The van der Waals surface area contributed by atoms with Crippen LogP contribution in [-0.4, -0.2) is 34.6 Å². The first kappa shape index (κ1) is 23.0. The standard InChI is InChI=1S/C30H48O3/c1-18-8-14-29-16-23(32)28(7)27(6)13-9-20-25(3,4)22(31)11-12-26(20,5)21(27)10-15-30(28,33-17-29)24(29)19(18)2/h10,15,18-24,31-32H,8-9,11-14,16-17H2,1-7H3. The van der Waals surface area contributed by atoms with E-state index in [4.69, 9.17) is 4.74 Å². The Bertz CT molecular complexity index is 880. The van der Waals surface area contributed by atoms with E-state index in [2.05, 4.69) is 60.6 Å². The SMILES string of the molecule is CC1CCC23COC4(C=CC5C6(C)CCC(O)C(C)(C)C6CCC5(C)C4(C)C(O)C2)C3C1C. The number of aliphatic hydroxyl groups is 2. The van der Waals surface area contributed by atoms with Crippen molar-refractivity contribution in [3.63, 3.8) is 0 Å². The fourth-order valence-corrected chi connectivity index (χ4v) is 11.7. The van der Waals surface area contributed by atoms with Crippen LogP contribution in [0, 0.1) is 56.7 Å². The second kappa shape index (κ2) is 6.48. The van der Waals surface area contributed by atoms with Crippen molar-refractivity contribution in [3.8, 4) is 0 Å². The van der Waals surface area contributed by atoms with Gasteiger partial charge in [-0.15, -0.1) is 0 Å². The number of hydrogen-bond acceptors (Lipinski definition) is 3. The smallest absolute Gasteiger partial charge is 0.0983 e. The normalized spacial score (nSPS) is 63.2. The van der Waals surface area contributed by atoms with Gasteiger partial charge in [0.05, 0.1) is 24.4 Å². The van der Waals surface area contributed by atoms with E-state index in [0.717, 1.165) is 38.7 Å². The van der Waals surface area contributed by atoms with Crippen molar-refractivity contribution < 1.29 is 14.9 Å². The van der Waals surface area contributed by atoms with Crippen molar-refractivity contribution in [2.75, 3.05) is 6.61 Å². The first-order valence-electron chi connectivity index (χ1n) is 14.0. The van der Waals surface area contributed by atoms with Gasteiger partial charge in [-0.05, 0) is 84.9 Å². The zero-order valence-corrected chi connectivity index (χ0v) is 22.2. The summed E-state index contributed by atoms with van der Waals surface area (Å²) in [6.07, 6.45) is 12.1. The van der Waals surface area contributed by atoms with E-state index in [0.29, 0.717) is 29.6 Å². The summed E-state index contributed by atoms with van der Waals surface area (Å²) < 4.78 is 7.05. The predicted molar refractivity (Wildman–Crippen MR) is 131 cm³/mol. The third-order valence-electron chi connectivity index (χ3n) is 13.9. The highest BCUT2D eigenvalue weighted by Gasteiger charge is 2.79. The maximum atomic E-state index is 12.1. The molecule has 0 amide bonds. The summed E-state index contributed by atoms with van der Waals surface area (Å²) in [4.78, 5) is 0. The Morgan fingerprint density at radius 2 is 1.61 bits per heavy atom. The molecule has 1 saturated heterocycles. The van der Waals surface area contributed by atoms with Crippen LogP contribution in [0.2, 0.25) is 0 Å². The van der Waals surface area contributed by atoms with Gasteiger partial charge < -0.3 is 14.9 Å². The maximum absolute atomic E-state index is 12.1. The molecule has 2 bridgehead atoms. The largest absolute Gasteiger partial charge is 0.393 e. The number of hydrogen-bond donors (Lipinski definition) is 2. The van der Waals surface area contributed by atoms with Crippen LogP contribution < -0.4 is 0 Å². The van der Waals surface area contributed by atoms with E-state index < -0.39 is 0 Å². The monoisotopic (exact) mass is 456 g/mol. The molecule has 1 heterocycles. The highest BCUT2D eigenvalue weighted by atomic mass is 16.5. The Balaban J connectivity index is 1.52. The van der Waals surface area contributed by atoms with Crippen molar-refractivity contribution in [3.05, 3.63) is 12.2 Å². The number of fused-ring (bicyclic) bond motifs is 4. The lowest BCUT2D eigenvalue weighted by atomic mass is 9.31. The highest BCUT2D eigenvalue weighted by molar-refractivity contribution is 5.36. The van der Waals surface area contributed by atoms with Gasteiger partial charge in [-0.1, -0.05) is 60.6 Å². The molecule has 0 aromatic rings. The van der Waals surface area contributed by atoms with Gasteiger partial charge in [-0.25, -0.2) is 0 Å². The predicted octanol–water partition coefficient (Wildman–Crippen LogP) is 5.98. The van der Waals surface area contributed by atoms with Gasteiger partial charge in [0.2, 0.25) is 0 Å². The van der Waals surface area contributed by atoms with Crippen LogP contribution in [0.25, 0.3) is 0 Å². The second-order valence-electron chi connectivity index (χ2n) is 14.9. The second-order valence-corrected chi connectivity index (χ2v) is 14.9. The van der Waals surface area contributed by atoms with Crippen LogP contribution in [0.4, 0.5) is 0 Å². The third kappa shape index (κ3) is 2.31.